The lowest BCUT2D eigenvalue weighted by atomic mass is 10.1. The number of nitro groups is 1. The van der Waals surface area contributed by atoms with Crippen molar-refractivity contribution in [2.75, 3.05) is 14.2 Å². The number of nitro benzene ring substituents is 1. The summed E-state index contributed by atoms with van der Waals surface area (Å²) in [4.78, 5) is 10.2. The molecular formula is C10H13NO5. The average molecular weight is 227 g/mol. The van der Waals surface area contributed by atoms with Crippen LogP contribution in [-0.2, 0) is 0 Å². The Labute approximate surface area is 92.6 Å². The number of hydrogen-bond acceptors (Lipinski definition) is 5. The zero-order valence-corrected chi connectivity index (χ0v) is 9.26. The normalized spacial score (nSPS) is 12.0. The molecule has 0 aliphatic carbocycles. The minimum absolute atomic E-state index is 0.187. The highest BCUT2D eigenvalue weighted by Crippen LogP contribution is 2.36. The zero-order valence-electron chi connectivity index (χ0n) is 9.26. The first-order chi connectivity index (χ1) is 7.51. The molecule has 1 atom stereocenters. The van der Waals surface area contributed by atoms with Crippen LogP contribution in [-0.4, -0.2) is 24.2 Å². The van der Waals surface area contributed by atoms with E-state index in [1.807, 2.05) is 0 Å². The third kappa shape index (κ3) is 2.22. The topological polar surface area (TPSA) is 81.8 Å². The number of aliphatic hydroxyl groups excluding tert-OH is 1. The molecule has 0 radical (unpaired) electrons. The van der Waals surface area contributed by atoms with E-state index in [9.17, 15) is 15.2 Å². The molecule has 6 heteroatoms. The second-order valence-corrected chi connectivity index (χ2v) is 3.20. The van der Waals surface area contributed by atoms with E-state index in [-0.39, 0.29) is 17.0 Å². The molecule has 0 unspecified atom stereocenters. The molecule has 0 amide bonds. The van der Waals surface area contributed by atoms with E-state index in [4.69, 9.17) is 9.47 Å². The number of ether oxygens (including phenoxy) is 2. The first-order valence-electron chi connectivity index (χ1n) is 4.59. The van der Waals surface area contributed by atoms with Crippen molar-refractivity contribution in [3.63, 3.8) is 0 Å². The maximum absolute atomic E-state index is 10.8. The number of methoxy groups -OCH3 is 2. The minimum atomic E-state index is -0.944. The van der Waals surface area contributed by atoms with E-state index in [1.54, 1.807) is 0 Å². The van der Waals surface area contributed by atoms with E-state index < -0.39 is 11.0 Å². The minimum Gasteiger partial charge on any atom is -0.493 e. The van der Waals surface area contributed by atoms with Crippen molar-refractivity contribution >= 4 is 5.69 Å². The Bertz CT molecular complexity index is 402. The molecule has 0 bridgehead atoms. The van der Waals surface area contributed by atoms with Crippen molar-refractivity contribution in [3.05, 3.63) is 27.8 Å². The van der Waals surface area contributed by atoms with Gasteiger partial charge in [-0.2, -0.15) is 0 Å². The molecule has 0 fully saturated rings. The standard InChI is InChI=1S/C10H13NO5/c1-6(12)7-4-9(15-2)10(16-3)5-8(7)11(13)14/h4-6,12H,1-3H3/t6-/m0/s1. The molecule has 1 N–H and O–H groups in total. The van der Waals surface area contributed by atoms with Crippen LogP contribution in [0, 0.1) is 10.1 Å². The van der Waals surface area contributed by atoms with E-state index in [1.165, 1.54) is 33.3 Å². The fourth-order valence-corrected chi connectivity index (χ4v) is 1.38. The Hall–Kier alpha value is -1.82. The molecule has 0 aromatic heterocycles. The van der Waals surface area contributed by atoms with E-state index in [2.05, 4.69) is 0 Å². The molecule has 0 aliphatic heterocycles. The summed E-state index contributed by atoms with van der Waals surface area (Å²) in [6, 6.07) is 2.64. The van der Waals surface area contributed by atoms with Crippen LogP contribution in [0.3, 0.4) is 0 Å². The first kappa shape index (κ1) is 12.3. The molecule has 0 saturated carbocycles. The molecule has 6 nitrogen and oxygen atoms in total. The maximum atomic E-state index is 10.8. The summed E-state index contributed by atoms with van der Waals surface area (Å²) in [6.07, 6.45) is -0.944. The molecule has 0 aliphatic rings. The number of benzene rings is 1. The smallest absolute Gasteiger partial charge is 0.279 e. The summed E-state index contributed by atoms with van der Waals surface area (Å²) in [6.45, 7) is 1.45. The zero-order chi connectivity index (χ0) is 12.3. The highest BCUT2D eigenvalue weighted by Gasteiger charge is 2.22. The van der Waals surface area contributed by atoms with Gasteiger partial charge in [-0.1, -0.05) is 0 Å². The van der Waals surface area contributed by atoms with Gasteiger partial charge >= 0.3 is 0 Å². The Kier molecular flexibility index (Phi) is 3.68. The van der Waals surface area contributed by atoms with Crippen molar-refractivity contribution in [3.8, 4) is 11.5 Å². The van der Waals surface area contributed by atoms with Gasteiger partial charge in [-0.15, -0.1) is 0 Å². The summed E-state index contributed by atoms with van der Waals surface area (Å²) in [7, 11) is 2.82. The first-order valence-corrected chi connectivity index (χ1v) is 4.59. The SMILES string of the molecule is COc1cc([C@H](C)O)c([N+](=O)[O-])cc1OC. The maximum Gasteiger partial charge on any atom is 0.279 e. The van der Waals surface area contributed by atoms with Crippen LogP contribution in [0.1, 0.15) is 18.6 Å². The van der Waals surface area contributed by atoms with Gasteiger partial charge in [0.05, 0.1) is 36.9 Å². The van der Waals surface area contributed by atoms with E-state index in [0.717, 1.165) is 0 Å². The van der Waals surface area contributed by atoms with Crippen molar-refractivity contribution in [1.82, 2.24) is 0 Å². The highest BCUT2D eigenvalue weighted by molar-refractivity contribution is 5.54. The van der Waals surface area contributed by atoms with Gasteiger partial charge in [0.25, 0.3) is 5.69 Å². The summed E-state index contributed by atoms with van der Waals surface area (Å²) in [5.74, 6) is 0.614. The lowest BCUT2D eigenvalue weighted by Gasteiger charge is -2.11. The molecule has 16 heavy (non-hydrogen) atoms. The average Bonchev–Trinajstić information content (AvgIpc) is 2.26. The molecule has 0 spiro atoms. The number of nitrogens with zero attached hydrogens (tertiary/aromatic N) is 1. The van der Waals surface area contributed by atoms with Crippen LogP contribution in [0.4, 0.5) is 5.69 Å². The predicted molar refractivity (Wildman–Crippen MR) is 56.8 cm³/mol. The van der Waals surface area contributed by atoms with Gasteiger partial charge in [0.15, 0.2) is 11.5 Å². The largest absolute Gasteiger partial charge is 0.493 e. The van der Waals surface area contributed by atoms with Crippen LogP contribution in [0.5, 0.6) is 11.5 Å². The predicted octanol–water partition coefficient (Wildman–Crippen LogP) is 1.67. The molecule has 0 saturated heterocycles. The Morgan fingerprint density at radius 1 is 1.31 bits per heavy atom. The van der Waals surface area contributed by atoms with Gasteiger partial charge in [0, 0.05) is 0 Å². The van der Waals surface area contributed by atoms with Crippen LogP contribution >= 0.6 is 0 Å². The van der Waals surface area contributed by atoms with E-state index >= 15 is 0 Å². The molecule has 0 heterocycles. The van der Waals surface area contributed by atoms with Crippen molar-refractivity contribution in [2.45, 2.75) is 13.0 Å². The summed E-state index contributed by atoms with van der Waals surface area (Å²) in [5.41, 5.74) is 0.00954. The molecule has 88 valence electrons. The van der Waals surface area contributed by atoms with Gasteiger partial charge in [0.2, 0.25) is 0 Å². The highest BCUT2D eigenvalue weighted by atomic mass is 16.6. The summed E-state index contributed by atoms with van der Waals surface area (Å²) < 4.78 is 9.95. The number of hydrogen-bond donors (Lipinski definition) is 1. The quantitative estimate of drug-likeness (QED) is 0.624. The number of rotatable bonds is 4. The molecular weight excluding hydrogens is 214 g/mol. The van der Waals surface area contributed by atoms with Crippen LogP contribution in [0.2, 0.25) is 0 Å². The molecule has 1 rings (SSSR count). The third-order valence-electron chi connectivity index (χ3n) is 2.18. The number of aliphatic hydroxyl groups is 1. The van der Waals surface area contributed by atoms with Gasteiger partial charge in [0.1, 0.15) is 0 Å². The van der Waals surface area contributed by atoms with Gasteiger partial charge in [-0.25, -0.2) is 0 Å². The lowest BCUT2D eigenvalue weighted by molar-refractivity contribution is -0.386. The second kappa shape index (κ2) is 4.80. The van der Waals surface area contributed by atoms with Crippen LogP contribution in [0.15, 0.2) is 12.1 Å². The Morgan fingerprint density at radius 3 is 2.19 bits per heavy atom. The van der Waals surface area contributed by atoms with Gasteiger partial charge in [-0.05, 0) is 13.0 Å². The van der Waals surface area contributed by atoms with Crippen molar-refractivity contribution in [2.24, 2.45) is 0 Å². The van der Waals surface area contributed by atoms with Gasteiger partial charge in [-0.3, -0.25) is 10.1 Å². The second-order valence-electron chi connectivity index (χ2n) is 3.20. The fraction of sp³-hybridized carbons (Fsp3) is 0.400. The lowest BCUT2D eigenvalue weighted by Crippen LogP contribution is -2.01. The third-order valence-corrected chi connectivity index (χ3v) is 2.18. The van der Waals surface area contributed by atoms with Crippen molar-refractivity contribution < 1.29 is 19.5 Å². The Balaban J connectivity index is 3.41. The summed E-state index contributed by atoms with van der Waals surface area (Å²) in [5, 5.41) is 20.2. The fourth-order valence-electron chi connectivity index (χ4n) is 1.38. The Morgan fingerprint density at radius 2 is 1.81 bits per heavy atom. The molecule has 1 aromatic rings. The van der Waals surface area contributed by atoms with Crippen molar-refractivity contribution in [1.29, 1.82) is 0 Å². The monoisotopic (exact) mass is 227 g/mol. The molecule has 1 aromatic carbocycles. The van der Waals surface area contributed by atoms with E-state index in [0.29, 0.717) is 5.75 Å². The van der Waals surface area contributed by atoms with Crippen LogP contribution < -0.4 is 9.47 Å². The van der Waals surface area contributed by atoms with Crippen LogP contribution in [0.25, 0.3) is 0 Å². The van der Waals surface area contributed by atoms with Gasteiger partial charge < -0.3 is 14.6 Å². The summed E-state index contributed by atoms with van der Waals surface area (Å²) >= 11 is 0.